The van der Waals surface area contributed by atoms with Gasteiger partial charge < -0.3 is 4.74 Å². The van der Waals surface area contributed by atoms with Crippen LogP contribution < -0.4 is 4.74 Å². The highest BCUT2D eigenvalue weighted by molar-refractivity contribution is 9.10. The SMILES string of the molecule is Cn1cc(COc2cccc(Br)c2)nn1. The standard InChI is InChI=1S/C10H10BrN3O/c1-14-6-9(12-13-14)7-15-10-4-2-3-8(11)5-10/h2-6H,7H2,1H3. The van der Waals surface area contributed by atoms with E-state index in [2.05, 4.69) is 26.2 Å². The van der Waals surface area contributed by atoms with Gasteiger partial charge >= 0.3 is 0 Å². The summed E-state index contributed by atoms with van der Waals surface area (Å²) in [5.41, 5.74) is 0.817. The van der Waals surface area contributed by atoms with Gasteiger partial charge in [-0.1, -0.05) is 27.2 Å². The number of hydrogen-bond donors (Lipinski definition) is 0. The molecule has 0 bridgehead atoms. The van der Waals surface area contributed by atoms with Crippen molar-refractivity contribution in [2.45, 2.75) is 6.61 Å². The summed E-state index contributed by atoms with van der Waals surface area (Å²) in [6, 6.07) is 7.70. The maximum Gasteiger partial charge on any atom is 0.134 e. The topological polar surface area (TPSA) is 39.9 Å². The van der Waals surface area contributed by atoms with Crippen LogP contribution in [0.25, 0.3) is 0 Å². The second-order valence-corrected chi connectivity index (χ2v) is 4.05. The highest BCUT2D eigenvalue weighted by Gasteiger charge is 1.99. The molecule has 0 N–H and O–H groups in total. The van der Waals surface area contributed by atoms with Gasteiger partial charge in [-0.05, 0) is 18.2 Å². The Hall–Kier alpha value is -1.36. The van der Waals surface area contributed by atoms with Gasteiger partial charge in [-0.15, -0.1) is 5.10 Å². The first-order chi connectivity index (χ1) is 7.24. The lowest BCUT2D eigenvalue weighted by Gasteiger charge is -2.03. The molecular formula is C10H10BrN3O. The molecule has 15 heavy (non-hydrogen) atoms. The quantitative estimate of drug-likeness (QED) is 0.856. The largest absolute Gasteiger partial charge is 0.487 e. The number of aromatic nitrogens is 3. The van der Waals surface area contributed by atoms with E-state index in [1.54, 1.807) is 4.68 Å². The molecule has 1 heterocycles. The van der Waals surface area contributed by atoms with Crippen LogP contribution in [0, 0.1) is 0 Å². The van der Waals surface area contributed by atoms with E-state index in [0.717, 1.165) is 15.9 Å². The number of halogens is 1. The van der Waals surface area contributed by atoms with Gasteiger partial charge in [-0.2, -0.15) is 0 Å². The molecule has 0 saturated carbocycles. The minimum atomic E-state index is 0.435. The first-order valence-corrected chi connectivity index (χ1v) is 5.27. The predicted molar refractivity (Wildman–Crippen MR) is 59.5 cm³/mol. The summed E-state index contributed by atoms with van der Waals surface area (Å²) >= 11 is 3.38. The van der Waals surface area contributed by atoms with E-state index >= 15 is 0 Å². The number of rotatable bonds is 3. The molecule has 0 aliphatic rings. The van der Waals surface area contributed by atoms with Crippen LogP contribution in [0.4, 0.5) is 0 Å². The van der Waals surface area contributed by atoms with Crippen molar-refractivity contribution in [2.75, 3.05) is 0 Å². The Labute approximate surface area is 96.0 Å². The van der Waals surface area contributed by atoms with E-state index in [9.17, 15) is 0 Å². The summed E-state index contributed by atoms with van der Waals surface area (Å²) < 4.78 is 8.19. The van der Waals surface area contributed by atoms with Crippen LogP contribution in [0.15, 0.2) is 34.9 Å². The fourth-order valence-electron chi connectivity index (χ4n) is 1.18. The van der Waals surface area contributed by atoms with E-state index in [1.807, 2.05) is 37.5 Å². The van der Waals surface area contributed by atoms with Gasteiger partial charge in [0, 0.05) is 11.5 Å². The minimum Gasteiger partial charge on any atom is -0.487 e. The van der Waals surface area contributed by atoms with Crippen molar-refractivity contribution in [2.24, 2.45) is 7.05 Å². The zero-order chi connectivity index (χ0) is 10.7. The summed E-state index contributed by atoms with van der Waals surface area (Å²) in [6.07, 6.45) is 1.83. The molecule has 0 amide bonds. The molecule has 0 atom stereocenters. The van der Waals surface area contributed by atoms with Gasteiger partial charge in [0.25, 0.3) is 0 Å². The second-order valence-electron chi connectivity index (χ2n) is 3.13. The Bertz CT molecular complexity index is 455. The van der Waals surface area contributed by atoms with Crippen LogP contribution in [-0.4, -0.2) is 15.0 Å². The van der Waals surface area contributed by atoms with Crippen molar-refractivity contribution in [1.29, 1.82) is 0 Å². The van der Waals surface area contributed by atoms with Crippen molar-refractivity contribution >= 4 is 15.9 Å². The Balaban J connectivity index is 1.99. The third-order valence-electron chi connectivity index (χ3n) is 1.83. The van der Waals surface area contributed by atoms with Crippen molar-refractivity contribution in [1.82, 2.24) is 15.0 Å². The molecule has 5 heteroatoms. The van der Waals surface area contributed by atoms with Crippen molar-refractivity contribution < 1.29 is 4.74 Å². The van der Waals surface area contributed by atoms with Gasteiger partial charge in [-0.25, -0.2) is 0 Å². The van der Waals surface area contributed by atoms with Gasteiger partial charge in [0.15, 0.2) is 0 Å². The van der Waals surface area contributed by atoms with E-state index in [0.29, 0.717) is 6.61 Å². The van der Waals surface area contributed by atoms with Gasteiger partial charge in [-0.3, -0.25) is 4.68 Å². The van der Waals surface area contributed by atoms with Crippen LogP contribution in [0.2, 0.25) is 0 Å². The second kappa shape index (κ2) is 4.44. The molecule has 0 radical (unpaired) electrons. The monoisotopic (exact) mass is 267 g/mol. The van der Waals surface area contributed by atoms with Crippen LogP contribution >= 0.6 is 15.9 Å². The smallest absolute Gasteiger partial charge is 0.134 e. The van der Waals surface area contributed by atoms with E-state index in [1.165, 1.54) is 0 Å². The zero-order valence-electron chi connectivity index (χ0n) is 8.22. The van der Waals surface area contributed by atoms with Crippen molar-refractivity contribution in [3.8, 4) is 5.75 Å². The molecule has 0 spiro atoms. The summed E-state index contributed by atoms with van der Waals surface area (Å²) in [6.45, 7) is 0.435. The van der Waals surface area contributed by atoms with Crippen LogP contribution in [0.5, 0.6) is 5.75 Å². The minimum absolute atomic E-state index is 0.435. The third-order valence-corrected chi connectivity index (χ3v) is 2.33. The molecule has 0 aliphatic carbocycles. The molecule has 1 aromatic carbocycles. The van der Waals surface area contributed by atoms with Gasteiger partial charge in [0.1, 0.15) is 18.1 Å². The lowest BCUT2D eigenvalue weighted by molar-refractivity contribution is 0.301. The molecule has 78 valence electrons. The number of nitrogens with zero attached hydrogens (tertiary/aromatic N) is 3. The maximum atomic E-state index is 5.54. The summed E-state index contributed by atoms with van der Waals surface area (Å²) in [4.78, 5) is 0. The summed E-state index contributed by atoms with van der Waals surface area (Å²) in [5.74, 6) is 0.815. The Morgan fingerprint density at radius 3 is 3.00 bits per heavy atom. The number of benzene rings is 1. The van der Waals surface area contributed by atoms with Crippen LogP contribution in [-0.2, 0) is 13.7 Å². The fraction of sp³-hybridized carbons (Fsp3) is 0.200. The normalized spacial score (nSPS) is 10.3. The Morgan fingerprint density at radius 1 is 1.47 bits per heavy atom. The molecule has 1 aromatic heterocycles. The van der Waals surface area contributed by atoms with Crippen molar-refractivity contribution in [3.63, 3.8) is 0 Å². The molecule has 0 saturated heterocycles. The zero-order valence-corrected chi connectivity index (χ0v) is 9.81. The lowest BCUT2D eigenvalue weighted by atomic mass is 10.3. The summed E-state index contributed by atoms with van der Waals surface area (Å²) in [7, 11) is 1.83. The van der Waals surface area contributed by atoms with Crippen LogP contribution in [0.1, 0.15) is 5.69 Å². The van der Waals surface area contributed by atoms with Crippen molar-refractivity contribution in [3.05, 3.63) is 40.6 Å². The molecule has 4 nitrogen and oxygen atoms in total. The molecule has 2 aromatic rings. The average Bonchev–Trinajstić information content (AvgIpc) is 2.62. The predicted octanol–water partition coefficient (Wildman–Crippen LogP) is 2.16. The van der Waals surface area contributed by atoms with E-state index < -0.39 is 0 Å². The van der Waals surface area contributed by atoms with Gasteiger partial charge in [0.2, 0.25) is 0 Å². The molecule has 2 rings (SSSR count). The Morgan fingerprint density at radius 2 is 2.33 bits per heavy atom. The van der Waals surface area contributed by atoms with Gasteiger partial charge in [0.05, 0.1) is 6.20 Å². The lowest BCUT2D eigenvalue weighted by Crippen LogP contribution is -1.95. The van der Waals surface area contributed by atoms with E-state index in [-0.39, 0.29) is 0 Å². The summed E-state index contributed by atoms with van der Waals surface area (Å²) in [5, 5.41) is 7.75. The third kappa shape index (κ3) is 2.79. The highest BCUT2D eigenvalue weighted by atomic mass is 79.9. The average molecular weight is 268 g/mol. The highest BCUT2D eigenvalue weighted by Crippen LogP contribution is 2.18. The molecule has 0 aliphatic heterocycles. The number of aryl methyl sites for hydroxylation is 1. The Kier molecular flexibility index (Phi) is 3.01. The molecule has 0 fully saturated rings. The van der Waals surface area contributed by atoms with Crippen LogP contribution in [0.3, 0.4) is 0 Å². The fourth-order valence-corrected chi connectivity index (χ4v) is 1.55. The number of hydrogen-bond acceptors (Lipinski definition) is 3. The van der Waals surface area contributed by atoms with E-state index in [4.69, 9.17) is 4.74 Å². The molecular weight excluding hydrogens is 258 g/mol. The first kappa shape index (κ1) is 10.2. The number of ether oxygens (including phenoxy) is 1. The molecule has 0 unspecified atom stereocenters. The first-order valence-electron chi connectivity index (χ1n) is 4.47. The maximum absolute atomic E-state index is 5.54.